The number of H-pyrrole nitrogens is 1. The van der Waals surface area contributed by atoms with Gasteiger partial charge in [-0.15, -0.1) is 0 Å². The lowest BCUT2D eigenvalue weighted by Crippen LogP contribution is -2.45. The number of hydrogen-bond donors (Lipinski definition) is 2. The van der Waals surface area contributed by atoms with Crippen molar-refractivity contribution in [3.8, 4) is 0 Å². The molecule has 3 heterocycles. The first-order valence-electron chi connectivity index (χ1n) is 11.8. The van der Waals surface area contributed by atoms with Gasteiger partial charge in [0.1, 0.15) is 12.1 Å². The number of aromatic amines is 1. The number of nitrogens with one attached hydrogen (secondary N) is 2. The topological polar surface area (TPSA) is 82.1 Å². The minimum absolute atomic E-state index is 0.0982. The van der Waals surface area contributed by atoms with Gasteiger partial charge in [-0.3, -0.25) is 9.47 Å². The molecule has 0 amide bonds. The number of hydrogen-bond acceptors (Lipinski definition) is 6. The average Bonchev–Trinajstić information content (AvgIpc) is 3.16. The molecule has 4 aromatic rings. The number of fused-ring (bicyclic) bond motifs is 2. The zero-order chi connectivity index (χ0) is 22.8. The molecule has 8 heteroatoms. The summed E-state index contributed by atoms with van der Waals surface area (Å²) in [7, 11) is 0. The second-order valence-corrected chi connectivity index (χ2v) is 8.62. The van der Waals surface area contributed by atoms with Gasteiger partial charge in [0.2, 0.25) is 0 Å². The predicted octanol–water partition coefficient (Wildman–Crippen LogP) is 3.04. The number of imidazole rings is 1. The molecule has 1 saturated heterocycles. The van der Waals surface area contributed by atoms with Crippen LogP contribution in [-0.4, -0.2) is 62.0 Å². The van der Waals surface area contributed by atoms with Crippen molar-refractivity contribution in [2.75, 3.05) is 38.0 Å². The fourth-order valence-electron chi connectivity index (χ4n) is 4.73. The smallest absolute Gasteiger partial charge is 0.326 e. The van der Waals surface area contributed by atoms with E-state index in [1.54, 1.807) is 10.9 Å². The lowest BCUT2D eigenvalue weighted by molar-refractivity contribution is 0.131. The molecule has 1 aliphatic rings. The molecule has 0 saturated carbocycles. The van der Waals surface area contributed by atoms with Gasteiger partial charge in [0.05, 0.1) is 16.6 Å². The van der Waals surface area contributed by atoms with Crippen LogP contribution in [-0.2, 0) is 19.6 Å². The Labute approximate surface area is 193 Å². The van der Waals surface area contributed by atoms with Crippen molar-refractivity contribution in [3.05, 3.63) is 64.3 Å². The van der Waals surface area contributed by atoms with Gasteiger partial charge in [-0.1, -0.05) is 31.2 Å². The Bertz CT molecular complexity index is 1320. The molecule has 1 fully saturated rings. The van der Waals surface area contributed by atoms with Gasteiger partial charge >= 0.3 is 5.69 Å². The number of nitrogens with zero attached hydrogens (tertiary/aromatic N) is 5. The van der Waals surface area contributed by atoms with E-state index in [1.807, 2.05) is 19.1 Å². The number of anilines is 1. The minimum Gasteiger partial charge on any atom is -0.365 e. The van der Waals surface area contributed by atoms with Crippen LogP contribution in [0.4, 0.5) is 5.82 Å². The summed E-state index contributed by atoms with van der Waals surface area (Å²) in [5.41, 5.74) is 5.02. The maximum absolute atomic E-state index is 12.2. The maximum atomic E-state index is 12.2. The second kappa shape index (κ2) is 9.33. The number of piperazine rings is 1. The summed E-state index contributed by atoms with van der Waals surface area (Å²) in [4.78, 5) is 29.2. The quantitative estimate of drug-likeness (QED) is 0.455. The number of likely N-dealkylation sites (N-methyl/N-ethyl adjacent to an activating group) is 1. The van der Waals surface area contributed by atoms with Crippen molar-refractivity contribution < 1.29 is 0 Å². The predicted molar refractivity (Wildman–Crippen MR) is 132 cm³/mol. The highest BCUT2D eigenvalue weighted by atomic mass is 16.1. The van der Waals surface area contributed by atoms with Gasteiger partial charge in [-0.25, -0.2) is 14.8 Å². The fourth-order valence-corrected chi connectivity index (χ4v) is 4.73. The van der Waals surface area contributed by atoms with Crippen molar-refractivity contribution >= 4 is 27.8 Å². The third-order valence-electron chi connectivity index (χ3n) is 6.72. The third-order valence-corrected chi connectivity index (χ3v) is 6.72. The van der Waals surface area contributed by atoms with E-state index >= 15 is 0 Å². The molecule has 0 aliphatic carbocycles. The van der Waals surface area contributed by atoms with Crippen LogP contribution in [0.5, 0.6) is 0 Å². The molecule has 5 rings (SSSR count). The summed E-state index contributed by atoms with van der Waals surface area (Å²) < 4.78 is 1.72. The number of rotatable bonds is 7. The van der Waals surface area contributed by atoms with Crippen molar-refractivity contribution in [1.82, 2.24) is 29.3 Å². The van der Waals surface area contributed by atoms with Gasteiger partial charge in [-0.2, -0.15) is 0 Å². The number of aryl methyl sites for hydroxylation is 1. The molecule has 0 unspecified atom stereocenters. The van der Waals surface area contributed by atoms with Crippen molar-refractivity contribution in [2.45, 2.75) is 33.5 Å². The van der Waals surface area contributed by atoms with Gasteiger partial charge in [0, 0.05) is 51.2 Å². The van der Waals surface area contributed by atoms with Gasteiger partial charge in [-0.05, 0) is 36.7 Å². The Morgan fingerprint density at radius 2 is 1.73 bits per heavy atom. The molecule has 2 aromatic carbocycles. The van der Waals surface area contributed by atoms with E-state index in [0.717, 1.165) is 67.0 Å². The second-order valence-electron chi connectivity index (χ2n) is 8.62. The van der Waals surface area contributed by atoms with E-state index in [-0.39, 0.29) is 5.69 Å². The summed E-state index contributed by atoms with van der Waals surface area (Å²) in [6.07, 6.45) is 1.58. The molecule has 0 atom stereocenters. The van der Waals surface area contributed by atoms with Crippen LogP contribution in [0.3, 0.4) is 0 Å². The Kier molecular flexibility index (Phi) is 6.11. The summed E-state index contributed by atoms with van der Waals surface area (Å²) >= 11 is 0. The lowest BCUT2D eigenvalue weighted by Gasteiger charge is -2.34. The first-order valence-corrected chi connectivity index (χ1v) is 11.8. The summed E-state index contributed by atoms with van der Waals surface area (Å²) in [6.45, 7) is 12.1. The molecule has 1 aliphatic heterocycles. The molecule has 33 heavy (non-hydrogen) atoms. The van der Waals surface area contributed by atoms with E-state index in [0.29, 0.717) is 13.1 Å². The molecule has 172 valence electrons. The zero-order valence-electron chi connectivity index (χ0n) is 19.3. The largest absolute Gasteiger partial charge is 0.365 e. The highest BCUT2D eigenvalue weighted by Gasteiger charge is 2.17. The van der Waals surface area contributed by atoms with Gasteiger partial charge in [0.25, 0.3) is 0 Å². The van der Waals surface area contributed by atoms with Gasteiger partial charge < -0.3 is 15.2 Å². The molecule has 0 spiro atoms. The molecular weight excluding hydrogens is 414 g/mol. The minimum atomic E-state index is -0.0982. The van der Waals surface area contributed by atoms with Crippen LogP contribution in [0.2, 0.25) is 0 Å². The Morgan fingerprint density at radius 3 is 2.48 bits per heavy atom. The summed E-state index contributed by atoms with van der Waals surface area (Å²) in [6, 6.07) is 12.6. The number of benzene rings is 2. The van der Waals surface area contributed by atoms with Crippen LogP contribution in [0.25, 0.3) is 21.9 Å². The SMILES string of the molecule is CCN1CCN(Cc2ccccc2CNc2ncnc3cc4c(cc23)[nH]c(=O)n4CC)CC1. The highest BCUT2D eigenvalue weighted by molar-refractivity contribution is 5.98. The van der Waals surface area contributed by atoms with E-state index < -0.39 is 0 Å². The lowest BCUT2D eigenvalue weighted by atomic mass is 10.1. The average molecular weight is 446 g/mol. The van der Waals surface area contributed by atoms with Crippen LogP contribution < -0.4 is 11.0 Å². The molecule has 0 radical (unpaired) electrons. The van der Waals surface area contributed by atoms with Crippen molar-refractivity contribution in [2.24, 2.45) is 0 Å². The highest BCUT2D eigenvalue weighted by Crippen LogP contribution is 2.25. The maximum Gasteiger partial charge on any atom is 0.326 e. The summed E-state index contributed by atoms with van der Waals surface area (Å²) in [5, 5.41) is 4.43. The Morgan fingerprint density at radius 1 is 0.970 bits per heavy atom. The third kappa shape index (κ3) is 4.36. The Balaban J connectivity index is 1.37. The normalized spacial score (nSPS) is 15.5. The standard InChI is InChI=1S/C25H31N7O/c1-3-30-9-11-31(12-10-30)16-19-8-6-5-7-18(19)15-26-24-20-13-22-23(14-21(20)27-17-28-24)32(4-2)25(33)29-22/h5-8,13-14,17H,3-4,9-12,15-16H2,1-2H3,(H,29,33)(H,26,27,28). The monoisotopic (exact) mass is 445 g/mol. The van der Waals surface area contributed by atoms with Crippen LogP contribution in [0.1, 0.15) is 25.0 Å². The fraction of sp³-hybridized carbons (Fsp3) is 0.400. The van der Waals surface area contributed by atoms with Crippen LogP contribution >= 0.6 is 0 Å². The first kappa shape index (κ1) is 21.6. The van der Waals surface area contributed by atoms with Crippen molar-refractivity contribution in [1.29, 1.82) is 0 Å². The number of aromatic nitrogens is 4. The first-order chi connectivity index (χ1) is 16.2. The molecule has 2 aromatic heterocycles. The van der Waals surface area contributed by atoms with E-state index in [4.69, 9.17) is 0 Å². The van der Waals surface area contributed by atoms with E-state index in [2.05, 4.69) is 61.3 Å². The molecule has 0 bridgehead atoms. The van der Waals surface area contributed by atoms with Crippen LogP contribution in [0, 0.1) is 0 Å². The van der Waals surface area contributed by atoms with E-state index in [9.17, 15) is 4.79 Å². The van der Waals surface area contributed by atoms with E-state index in [1.165, 1.54) is 11.1 Å². The van der Waals surface area contributed by atoms with Gasteiger partial charge in [0.15, 0.2) is 0 Å². The molecular formula is C25H31N7O. The summed E-state index contributed by atoms with van der Waals surface area (Å²) in [5.74, 6) is 0.776. The molecule has 8 nitrogen and oxygen atoms in total. The van der Waals surface area contributed by atoms with Crippen molar-refractivity contribution in [3.63, 3.8) is 0 Å². The van der Waals surface area contributed by atoms with Crippen LogP contribution in [0.15, 0.2) is 47.5 Å². The molecule has 2 N–H and O–H groups in total. The zero-order valence-corrected chi connectivity index (χ0v) is 19.3. The Hall–Kier alpha value is -3.23.